The summed E-state index contributed by atoms with van der Waals surface area (Å²) in [4.78, 5) is 0. The van der Waals surface area contributed by atoms with Crippen molar-refractivity contribution < 1.29 is 22.7 Å². The third-order valence-corrected chi connectivity index (χ3v) is 2.62. The lowest BCUT2D eigenvalue weighted by Gasteiger charge is -2.17. The zero-order valence-corrected chi connectivity index (χ0v) is 9.50. The van der Waals surface area contributed by atoms with Gasteiger partial charge in [0.05, 0.1) is 23.7 Å². The van der Waals surface area contributed by atoms with Gasteiger partial charge in [0.2, 0.25) is 0 Å². The molecule has 6 heteroatoms. The fourth-order valence-electron chi connectivity index (χ4n) is 1.56. The molecule has 0 aliphatic heterocycles. The molecular formula is C12H11F4NO. The molecule has 2 atom stereocenters. The molecule has 0 radical (unpaired) electrons. The number of aliphatic hydroxyl groups excluding tert-OH is 1. The van der Waals surface area contributed by atoms with Gasteiger partial charge in [-0.05, 0) is 24.1 Å². The Bertz CT molecular complexity index is 464. The quantitative estimate of drug-likeness (QED) is 0.847. The van der Waals surface area contributed by atoms with E-state index < -0.39 is 29.6 Å². The van der Waals surface area contributed by atoms with Crippen LogP contribution in [-0.4, -0.2) is 5.11 Å². The number of rotatable bonds is 3. The maximum Gasteiger partial charge on any atom is 0.419 e. The maximum absolute atomic E-state index is 13.0. The molecule has 0 fully saturated rings. The fourth-order valence-corrected chi connectivity index (χ4v) is 1.56. The average molecular weight is 261 g/mol. The van der Waals surface area contributed by atoms with Crippen LogP contribution in [0.5, 0.6) is 0 Å². The standard InChI is InChI=1S/C12H11F4NO/c1-2-7(6-17)11(18)8-3-4-10(13)9(5-8)12(14,15)16/h3-5,7,11,18H,2H2,1H3. The minimum atomic E-state index is -4.83. The van der Waals surface area contributed by atoms with Crippen LogP contribution in [0.1, 0.15) is 30.6 Å². The Labute approximate surface area is 101 Å². The molecule has 18 heavy (non-hydrogen) atoms. The summed E-state index contributed by atoms with van der Waals surface area (Å²) in [5.74, 6) is -2.22. The second-order valence-electron chi connectivity index (χ2n) is 3.83. The molecule has 0 heterocycles. The van der Waals surface area contributed by atoms with Gasteiger partial charge in [0.15, 0.2) is 0 Å². The average Bonchev–Trinajstić information content (AvgIpc) is 2.29. The minimum absolute atomic E-state index is 0.114. The SMILES string of the molecule is CCC(C#N)C(O)c1ccc(F)c(C(F)(F)F)c1. The molecule has 0 bridgehead atoms. The van der Waals surface area contributed by atoms with Gasteiger partial charge in [-0.25, -0.2) is 4.39 Å². The van der Waals surface area contributed by atoms with Crippen LogP contribution in [0.15, 0.2) is 18.2 Å². The molecule has 0 aliphatic rings. The number of halogens is 4. The van der Waals surface area contributed by atoms with Gasteiger partial charge in [0.25, 0.3) is 0 Å². The van der Waals surface area contributed by atoms with E-state index in [1.807, 2.05) is 0 Å². The Hall–Kier alpha value is -1.61. The third-order valence-electron chi connectivity index (χ3n) is 2.62. The largest absolute Gasteiger partial charge is 0.419 e. The summed E-state index contributed by atoms with van der Waals surface area (Å²) in [5.41, 5.74) is -1.55. The number of nitriles is 1. The minimum Gasteiger partial charge on any atom is -0.387 e. The van der Waals surface area contributed by atoms with E-state index in [0.717, 1.165) is 6.07 Å². The lowest BCUT2D eigenvalue weighted by atomic mass is 9.93. The van der Waals surface area contributed by atoms with E-state index >= 15 is 0 Å². The van der Waals surface area contributed by atoms with E-state index in [2.05, 4.69) is 0 Å². The first kappa shape index (κ1) is 14.5. The van der Waals surface area contributed by atoms with Gasteiger partial charge in [-0.1, -0.05) is 13.0 Å². The molecule has 1 aromatic carbocycles. The molecule has 0 saturated carbocycles. The van der Waals surface area contributed by atoms with Crippen molar-refractivity contribution in [1.29, 1.82) is 5.26 Å². The molecule has 1 aromatic rings. The van der Waals surface area contributed by atoms with Crippen LogP contribution in [0.3, 0.4) is 0 Å². The van der Waals surface area contributed by atoms with Crippen LogP contribution in [0.4, 0.5) is 17.6 Å². The molecule has 0 aliphatic carbocycles. The monoisotopic (exact) mass is 261 g/mol. The number of hydrogen-bond acceptors (Lipinski definition) is 2. The van der Waals surface area contributed by atoms with Gasteiger partial charge in [0, 0.05) is 0 Å². The first-order valence-electron chi connectivity index (χ1n) is 5.25. The summed E-state index contributed by atoms with van der Waals surface area (Å²) in [5, 5.41) is 18.5. The van der Waals surface area contributed by atoms with E-state index in [9.17, 15) is 22.7 Å². The molecule has 0 spiro atoms. The second-order valence-corrected chi connectivity index (χ2v) is 3.83. The number of hydrogen-bond donors (Lipinski definition) is 1. The third kappa shape index (κ3) is 2.99. The van der Waals surface area contributed by atoms with Gasteiger partial charge in [-0.15, -0.1) is 0 Å². The van der Waals surface area contributed by atoms with Crippen molar-refractivity contribution in [3.63, 3.8) is 0 Å². The highest BCUT2D eigenvalue weighted by Crippen LogP contribution is 2.34. The van der Waals surface area contributed by atoms with Crippen molar-refractivity contribution in [3.05, 3.63) is 35.1 Å². The lowest BCUT2D eigenvalue weighted by molar-refractivity contribution is -0.140. The van der Waals surface area contributed by atoms with Crippen molar-refractivity contribution in [2.75, 3.05) is 0 Å². The van der Waals surface area contributed by atoms with Crippen LogP contribution >= 0.6 is 0 Å². The predicted octanol–water partition coefficient (Wildman–Crippen LogP) is 3.43. The molecule has 98 valence electrons. The Morgan fingerprint density at radius 2 is 2.00 bits per heavy atom. The summed E-state index contributed by atoms with van der Waals surface area (Å²) < 4.78 is 50.4. The summed E-state index contributed by atoms with van der Waals surface area (Å²) >= 11 is 0. The van der Waals surface area contributed by atoms with E-state index in [1.165, 1.54) is 0 Å². The summed E-state index contributed by atoms with van der Waals surface area (Å²) in [6, 6.07) is 4.03. The van der Waals surface area contributed by atoms with Crippen molar-refractivity contribution in [1.82, 2.24) is 0 Å². The molecule has 0 saturated heterocycles. The first-order chi connectivity index (χ1) is 8.31. The van der Waals surface area contributed by atoms with Gasteiger partial charge >= 0.3 is 6.18 Å². The van der Waals surface area contributed by atoms with E-state index in [1.54, 1.807) is 13.0 Å². The Balaban J connectivity index is 3.17. The molecule has 2 unspecified atom stereocenters. The Kier molecular flexibility index (Phi) is 4.30. The van der Waals surface area contributed by atoms with Crippen molar-refractivity contribution >= 4 is 0 Å². The van der Waals surface area contributed by atoms with Crippen molar-refractivity contribution in [2.24, 2.45) is 5.92 Å². The van der Waals surface area contributed by atoms with E-state index in [4.69, 9.17) is 5.26 Å². The lowest BCUT2D eigenvalue weighted by Crippen LogP contribution is -2.13. The van der Waals surface area contributed by atoms with Crippen LogP contribution in [-0.2, 0) is 6.18 Å². The number of nitrogens with zero attached hydrogens (tertiary/aromatic N) is 1. The highest BCUT2D eigenvalue weighted by Gasteiger charge is 2.35. The van der Waals surface area contributed by atoms with E-state index in [0.29, 0.717) is 12.1 Å². The van der Waals surface area contributed by atoms with Gasteiger partial charge in [-0.3, -0.25) is 0 Å². The van der Waals surface area contributed by atoms with Crippen LogP contribution in [0, 0.1) is 23.1 Å². The summed E-state index contributed by atoms with van der Waals surface area (Å²) in [6.07, 6.45) is -5.90. The van der Waals surface area contributed by atoms with Crippen LogP contribution < -0.4 is 0 Å². The smallest absolute Gasteiger partial charge is 0.387 e. The van der Waals surface area contributed by atoms with Crippen LogP contribution in [0.25, 0.3) is 0 Å². The molecule has 2 nitrogen and oxygen atoms in total. The molecular weight excluding hydrogens is 250 g/mol. The van der Waals surface area contributed by atoms with Gasteiger partial charge in [-0.2, -0.15) is 18.4 Å². The van der Waals surface area contributed by atoms with Gasteiger partial charge < -0.3 is 5.11 Å². The molecule has 0 amide bonds. The molecule has 1 rings (SSSR count). The Morgan fingerprint density at radius 3 is 2.44 bits per heavy atom. The highest BCUT2D eigenvalue weighted by atomic mass is 19.4. The maximum atomic E-state index is 13.0. The topological polar surface area (TPSA) is 44.0 Å². The van der Waals surface area contributed by atoms with Crippen molar-refractivity contribution in [2.45, 2.75) is 25.6 Å². The van der Waals surface area contributed by atoms with Crippen molar-refractivity contribution in [3.8, 4) is 6.07 Å². The number of aliphatic hydroxyl groups is 1. The fraction of sp³-hybridized carbons (Fsp3) is 0.417. The zero-order valence-electron chi connectivity index (χ0n) is 9.50. The second kappa shape index (κ2) is 5.36. The van der Waals surface area contributed by atoms with Gasteiger partial charge in [0.1, 0.15) is 5.82 Å². The van der Waals surface area contributed by atoms with E-state index in [-0.39, 0.29) is 12.0 Å². The van der Waals surface area contributed by atoms with Crippen LogP contribution in [0.2, 0.25) is 0 Å². The predicted molar refractivity (Wildman–Crippen MR) is 55.8 cm³/mol. The first-order valence-corrected chi connectivity index (χ1v) is 5.25. The Morgan fingerprint density at radius 1 is 1.39 bits per heavy atom. The highest BCUT2D eigenvalue weighted by molar-refractivity contribution is 5.29. The zero-order chi connectivity index (χ0) is 13.9. The number of alkyl halides is 3. The summed E-state index contributed by atoms with van der Waals surface area (Å²) in [7, 11) is 0. The molecule has 1 N–H and O–H groups in total. The summed E-state index contributed by atoms with van der Waals surface area (Å²) in [6.45, 7) is 1.63. The number of benzene rings is 1. The molecule has 0 aromatic heterocycles. The normalized spacial score (nSPS) is 14.9.